The Morgan fingerprint density at radius 2 is 1.58 bits per heavy atom. The lowest BCUT2D eigenvalue weighted by Crippen LogP contribution is -2.50. The maximum Gasteiger partial charge on any atom is 0.243 e. The number of methoxy groups -OCH3 is 1. The molecule has 0 aromatic heterocycles. The van der Waals surface area contributed by atoms with Gasteiger partial charge in [0.1, 0.15) is 11.8 Å². The summed E-state index contributed by atoms with van der Waals surface area (Å²) in [6.07, 6.45) is 3.35. The van der Waals surface area contributed by atoms with E-state index in [1.807, 2.05) is 37.3 Å². The Morgan fingerprint density at radius 1 is 0.930 bits per heavy atom. The minimum absolute atomic E-state index is 0.00221. The van der Waals surface area contributed by atoms with Crippen molar-refractivity contribution >= 4 is 50.7 Å². The van der Waals surface area contributed by atoms with Gasteiger partial charge in [-0.25, -0.2) is 8.42 Å². The van der Waals surface area contributed by atoms with Crippen LogP contribution in [0.4, 0.5) is 5.69 Å². The molecule has 0 aliphatic carbocycles. The lowest BCUT2D eigenvalue weighted by Gasteiger charge is -2.32. The molecule has 1 N–H and O–H groups in total. The van der Waals surface area contributed by atoms with Crippen molar-refractivity contribution in [1.82, 2.24) is 10.2 Å². The second kappa shape index (κ2) is 16.5. The molecule has 0 saturated heterocycles. The van der Waals surface area contributed by atoms with Gasteiger partial charge in [0, 0.05) is 48.1 Å². The molecule has 2 amide bonds. The number of nitrogens with one attached hydrogen (secondary N) is 1. The average molecular weight is 649 g/mol. The van der Waals surface area contributed by atoms with Crippen LogP contribution >= 0.6 is 23.2 Å². The van der Waals surface area contributed by atoms with E-state index in [4.69, 9.17) is 27.9 Å². The summed E-state index contributed by atoms with van der Waals surface area (Å²) in [5, 5.41) is 3.76. The molecule has 0 fully saturated rings. The number of halogens is 2. The third-order valence-electron chi connectivity index (χ3n) is 7.00. The summed E-state index contributed by atoms with van der Waals surface area (Å²) >= 11 is 13.0. The summed E-state index contributed by atoms with van der Waals surface area (Å²) in [6.45, 7) is 2.61. The van der Waals surface area contributed by atoms with Gasteiger partial charge < -0.3 is 15.0 Å². The molecule has 0 spiro atoms. The molecule has 8 nitrogen and oxygen atoms in total. The molecule has 43 heavy (non-hydrogen) atoms. The van der Waals surface area contributed by atoms with Crippen LogP contribution in [0, 0.1) is 0 Å². The molecular formula is C32H39Cl2N3O5S. The van der Waals surface area contributed by atoms with Gasteiger partial charge in [0.2, 0.25) is 21.8 Å². The number of unbranched alkanes of at least 4 members (excludes halogenated alkanes) is 1. The molecule has 0 heterocycles. The van der Waals surface area contributed by atoms with Crippen molar-refractivity contribution in [1.29, 1.82) is 0 Å². The highest BCUT2D eigenvalue weighted by Gasteiger charge is 2.31. The van der Waals surface area contributed by atoms with E-state index >= 15 is 0 Å². The number of hydrogen-bond donors (Lipinski definition) is 1. The third-order valence-corrected chi connectivity index (χ3v) is 8.91. The molecule has 3 aromatic rings. The van der Waals surface area contributed by atoms with E-state index in [2.05, 4.69) is 5.32 Å². The molecule has 11 heteroatoms. The number of nitrogens with zero attached hydrogens (tertiary/aromatic N) is 2. The van der Waals surface area contributed by atoms with Gasteiger partial charge in [0.15, 0.2) is 0 Å². The summed E-state index contributed by atoms with van der Waals surface area (Å²) in [6, 6.07) is 20.4. The van der Waals surface area contributed by atoms with E-state index < -0.39 is 16.1 Å². The van der Waals surface area contributed by atoms with E-state index in [-0.39, 0.29) is 44.2 Å². The number of carbonyl (C=O) groups is 2. The standard InChI is InChI=1S/C32H39Cl2N3O5S/c1-4-5-20-35-32(39)30(22-24-11-7-6-8-12-24)36(23-27-28(33)13-9-14-29(27)34)31(38)15-10-21-37(43(3,40)41)25-16-18-26(42-2)19-17-25/h6-9,11-14,16-19,30H,4-5,10,15,20-23H2,1-3H3,(H,35,39)/t30-/m1/s1. The van der Waals surface area contributed by atoms with Gasteiger partial charge in [-0.2, -0.15) is 0 Å². The van der Waals surface area contributed by atoms with Gasteiger partial charge >= 0.3 is 0 Å². The fourth-order valence-corrected chi connectivity index (χ4v) is 6.15. The van der Waals surface area contributed by atoms with E-state index in [1.54, 1.807) is 42.5 Å². The first-order valence-corrected chi connectivity index (χ1v) is 16.8. The molecule has 0 radical (unpaired) electrons. The van der Waals surface area contributed by atoms with E-state index in [9.17, 15) is 18.0 Å². The number of hydrogen-bond acceptors (Lipinski definition) is 5. The van der Waals surface area contributed by atoms with Gasteiger partial charge in [0.05, 0.1) is 19.1 Å². The van der Waals surface area contributed by atoms with Crippen molar-refractivity contribution in [3.63, 3.8) is 0 Å². The van der Waals surface area contributed by atoms with Crippen LogP contribution in [0.25, 0.3) is 0 Å². The second-order valence-corrected chi connectivity index (χ2v) is 12.9. The summed E-state index contributed by atoms with van der Waals surface area (Å²) in [7, 11) is -2.10. The molecular weight excluding hydrogens is 609 g/mol. The zero-order valence-electron chi connectivity index (χ0n) is 24.8. The van der Waals surface area contributed by atoms with Crippen LogP contribution in [-0.4, -0.2) is 57.6 Å². The maximum absolute atomic E-state index is 14.0. The number of ether oxygens (including phenoxy) is 1. The number of rotatable bonds is 16. The van der Waals surface area contributed by atoms with E-state index in [0.29, 0.717) is 33.6 Å². The molecule has 1 atom stereocenters. The Bertz CT molecular complexity index is 1430. The summed E-state index contributed by atoms with van der Waals surface area (Å²) < 4.78 is 31.8. The lowest BCUT2D eigenvalue weighted by molar-refractivity contribution is -0.141. The van der Waals surface area contributed by atoms with Crippen LogP contribution in [0.2, 0.25) is 10.0 Å². The van der Waals surface area contributed by atoms with E-state index in [0.717, 1.165) is 24.7 Å². The normalized spacial score (nSPS) is 11.9. The van der Waals surface area contributed by atoms with Crippen LogP contribution < -0.4 is 14.4 Å². The highest BCUT2D eigenvalue weighted by Crippen LogP contribution is 2.28. The molecule has 3 rings (SSSR count). The Balaban J connectivity index is 1.90. The fraction of sp³-hybridized carbons (Fsp3) is 0.375. The number of amides is 2. The van der Waals surface area contributed by atoms with Gasteiger partial charge in [0.25, 0.3) is 0 Å². The average Bonchev–Trinajstić information content (AvgIpc) is 2.98. The number of carbonyl (C=O) groups excluding carboxylic acids is 2. The zero-order chi connectivity index (χ0) is 31.4. The first-order valence-electron chi connectivity index (χ1n) is 14.2. The second-order valence-electron chi connectivity index (χ2n) is 10.2. The molecule has 3 aromatic carbocycles. The minimum Gasteiger partial charge on any atom is -0.497 e. The Hall–Kier alpha value is -3.27. The fourth-order valence-electron chi connectivity index (χ4n) is 4.67. The van der Waals surface area contributed by atoms with Crippen LogP contribution in [-0.2, 0) is 32.6 Å². The first kappa shape index (κ1) is 34.2. The Morgan fingerprint density at radius 3 is 2.16 bits per heavy atom. The van der Waals surface area contributed by atoms with Gasteiger partial charge in [-0.1, -0.05) is 72.9 Å². The van der Waals surface area contributed by atoms with Crippen LogP contribution in [0.15, 0.2) is 72.8 Å². The first-order chi connectivity index (χ1) is 20.5. The van der Waals surface area contributed by atoms with E-state index in [1.165, 1.54) is 16.3 Å². The number of benzene rings is 3. The monoisotopic (exact) mass is 647 g/mol. The quantitative estimate of drug-likeness (QED) is 0.189. The van der Waals surface area contributed by atoms with Crippen molar-refractivity contribution in [3.8, 4) is 5.75 Å². The molecule has 0 aliphatic rings. The lowest BCUT2D eigenvalue weighted by atomic mass is 10.0. The van der Waals surface area contributed by atoms with Crippen molar-refractivity contribution in [2.45, 2.75) is 51.6 Å². The van der Waals surface area contributed by atoms with Crippen molar-refractivity contribution < 1.29 is 22.7 Å². The van der Waals surface area contributed by atoms with Gasteiger partial charge in [-0.3, -0.25) is 13.9 Å². The number of sulfonamides is 1. The van der Waals surface area contributed by atoms with Crippen LogP contribution in [0.1, 0.15) is 43.7 Å². The Labute approximate surface area is 265 Å². The predicted octanol–water partition coefficient (Wildman–Crippen LogP) is 6.10. The maximum atomic E-state index is 14.0. The zero-order valence-corrected chi connectivity index (χ0v) is 27.1. The highest BCUT2D eigenvalue weighted by atomic mass is 35.5. The van der Waals surface area contributed by atoms with Crippen LogP contribution in [0.3, 0.4) is 0 Å². The Kier molecular flexibility index (Phi) is 13.2. The highest BCUT2D eigenvalue weighted by molar-refractivity contribution is 7.92. The largest absolute Gasteiger partial charge is 0.497 e. The SMILES string of the molecule is CCCCNC(=O)[C@@H](Cc1ccccc1)N(Cc1c(Cl)cccc1Cl)C(=O)CCCN(c1ccc(OC)cc1)S(C)(=O)=O. The summed E-state index contributed by atoms with van der Waals surface area (Å²) in [5.41, 5.74) is 1.89. The van der Waals surface area contributed by atoms with Gasteiger partial charge in [-0.05, 0) is 54.8 Å². The molecule has 0 bridgehead atoms. The summed E-state index contributed by atoms with van der Waals surface area (Å²) in [4.78, 5) is 29.1. The van der Waals surface area contributed by atoms with Crippen molar-refractivity contribution in [2.75, 3.05) is 30.8 Å². The third kappa shape index (κ3) is 10.2. The smallest absolute Gasteiger partial charge is 0.243 e. The molecule has 232 valence electrons. The molecule has 0 aliphatic heterocycles. The van der Waals surface area contributed by atoms with Crippen molar-refractivity contribution in [2.24, 2.45) is 0 Å². The minimum atomic E-state index is -3.63. The van der Waals surface area contributed by atoms with Crippen molar-refractivity contribution in [3.05, 3.63) is 94.0 Å². The number of anilines is 1. The predicted molar refractivity (Wildman–Crippen MR) is 173 cm³/mol. The van der Waals surface area contributed by atoms with Gasteiger partial charge in [-0.15, -0.1) is 0 Å². The summed E-state index contributed by atoms with van der Waals surface area (Å²) in [5.74, 6) is 0.0125. The topological polar surface area (TPSA) is 96.0 Å². The molecule has 0 saturated carbocycles. The molecule has 0 unspecified atom stereocenters. The van der Waals surface area contributed by atoms with Crippen LogP contribution in [0.5, 0.6) is 5.75 Å².